The lowest BCUT2D eigenvalue weighted by molar-refractivity contribution is -0.0444. The van der Waals surface area contributed by atoms with Crippen molar-refractivity contribution >= 4 is 23.5 Å². The maximum atomic E-state index is 12.3. The molecule has 5 nitrogen and oxygen atoms in total. The summed E-state index contributed by atoms with van der Waals surface area (Å²) in [6, 6.07) is 15.3. The van der Waals surface area contributed by atoms with Gasteiger partial charge >= 0.3 is 6.03 Å². The van der Waals surface area contributed by atoms with E-state index in [1.165, 1.54) is 0 Å². The van der Waals surface area contributed by atoms with Gasteiger partial charge in [-0.2, -0.15) is 0 Å². The van der Waals surface area contributed by atoms with Gasteiger partial charge in [0, 0.05) is 29.7 Å². The van der Waals surface area contributed by atoms with E-state index in [9.17, 15) is 9.59 Å². The molecule has 3 amide bonds. The first-order valence-electron chi connectivity index (χ1n) is 10.5. The Morgan fingerprint density at radius 1 is 1.03 bits per heavy atom. The highest BCUT2D eigenvalue weighted by molar-refractivity contribution is 6.30. The van der Waals surface area contributed by atoms with E-state index in [2.05, 4.69) is 16.0 Å². The molecule has 2 aliphatic rings. The molecule has 30 heavy (non-hydrogen) atoms. The second kappa shape index (κ2) is 8.68. The van der Waals surface area contributed by atoms with Crippen LogP contribution in [0.2, 0.25) is 5.02 Å². The van der Waals surface area contributed by atoms with E-state index in [1.54, 1.807) is 0 Å². The van der Waals surface area contributed by atoms with Gasteiger partial charge in [0.2, 0.25) is 0 Å². The summed E-state index contributed by atoms with van der Waals surface area (Å²) in [5, 5.41) is 9.73. The number of halogens is 1. The lowest BCUT2D eigenvalue weighted by Gasteiger charge is -2.58. The summed E-state index contributed by atoms with van der Waals surface area (Å²) in [7, 11) is 0. The molecule has 2 aromatic carbocycles. The minimum Gasteiger partial charge on any atom is -0.352 e. The van der Waals surface area contributed by atoms with Crippen LogP contribution in [0.5, 0.6) is 0 Å². The number of urea groups is 1. The molecule has 3 N–H and O–H groups in total. The zero-order valence-electron chi connectivity index (χ0n) is 17.2. The van der Waals surface area contributed by atoms with Crippen molar-refractivity contribution in [3.63, 3.8) is 0 Å². The number of benzene rings is 2. The Balaban J connectivity index is 1.11. The largest absolute Gasteiger partial charge is 0.352 e. The molecule has 158 valence electrons. The Morgan fingerprint density at radius 2 is 1.77 bits per heavy atom. The molecule has 0 atom stereocenters. The third kappa shape index (κ3) is 4.96. The molecule has 0 aliphatic heterocycles. The number of hydrogen-bond acceptors (Lipinski definition) is 2. The number of amides is 3. The normalized spacial score (nSPS) is 24.5. The Bertz CT molecular complexity index is 914. The maximum absolute atomic E-state index is 12.3. The molecular weight excluding hydrogens is 398 g/mol. The summed E-state index contributed by atoms with van der Waals surface area (Å²) in [6.45, 7) is 3.21. The van der Waals surface area contributed by atoms with Crippen molar-refractivity contribution in [1.29, 1.82) is 0 Å². The Labute approximate surface area is 182 Å². The standard InChI is InChI=1S/C24H28ClN3O2/c1-16-3-2-4-19(9-16)22(29)26-15-18-10-24(11-18)12-21(13-24)28-23(30)27-14-17-5-7-20(25)8-6-17/h2-9,18,21H,10-15H2,1H3,(H,26,29)(H2,27,28,30). The molecule has 2 fully saturated rings. The van der Waals surface area contributed by atoms with Crippen LogP contribution in [0.15, 0.2) is 48.5 Å². The lowest BCUT2D eigenvalue weighted by atomic mass is 9.50. The summed E-state index contributed by atoms with van der Waals surface area (Å²) in [5.74, 6) is 0.545. The van der Waals surface area contributed by atoms with E-state index >= 15 is 0 Å². The molecule has 2 aromatic rings. The number of rotatable bonds is 6. The molecule has 1 spiro atoms. The number of carbonyl (C=O) groups excluding carboxylic acids is 2. The first kappa shape index (κ1) is 20.7. The zero-order chi connectivity index (χ0) is 21.1. The predicted molar refractivity (Wildman–Crippen MR) is 119 cm³/mol. The van der Waals surface area contributed by atoms with Crippen LogP contribution in [0.1, 0.15) is 47.2 Å². The average molecular weight is 426 g/mol. The van der Waals surface area contributed by atoms with Crippen LogP contribution in [-0.4, -0.2) is 24.5 Å². The van der Waals surface area contributed by atoms with Gasteiger partial charge in [-0.1, -0.05) is 41.4 Å². The maximum Gasteiger partial charge on any atom is 0.315 e. The molecule has 2 saturated carbocycles. The first-order chi connectivity index (χ1) is 14.4. The highest BCUT2D eigenvalue weighted by atomic mass is 35.5. The number of carbonyl (C=O) groups is 2. The van der Waals surface area contributed by atoms with Crippen molar-refractivity contribution in [3.8, 4) is 0 Å². The lowest BCUT2D eigenvalue weighted by Crippen LogP contribution is -2.58. The van der Waals surface area contributed by atoms with Crippen molar-refractivity contribution in [2.75, 3.05) is 6.54 Å². The highest BCUT2D eigenvalue weighted by Gasteiger charge is 2.52. The summed E-state index contributed by atoms with van der Waals surface area (Å²) in [5.41, 5.74) is 3.21. The Hall–Kier alpha value is -2.53. The fourth-order valence-electron chi connectivity index (χ4n) is 4.88. The highest BCUT2D eigenvalue weighted by Crippen LogP contribution is 2.58. The zero-order valence-corrected chi connectivity index (χ0v) is 18.0. The summed E-state index contributed by atoms with van der Waals surface area (Å²) >= 11 is 5.87. The summed E-state index contributed by atoms with van der Waals surface area (Å²) in [6.07, 6.45) is 4.32. The molecule has 6 heteroatoms. The van der Waals surface area contributed by atoms with Crippen LogP contribution in [0.4, 0.5) is 4.79 Å². The van der Waals surface area contributed by atoms with Crippen molar-refractivity contribution < 1.29 is 9.59 Å². The van der Waals surface area contributed by atoms with Crippen LogP contribution >= 0.6 is 11.6 Å². The van der Waals surface area contributed by atoms with Gasteiger partial charge in [0.15, 0.2) is 0 Å². The third-order valence-electron chi connectivity index (χ3n) is 6.34. The fraction of sp³-hybridized carbons (Fsp3) is 0.417. The van der Waals surface area contributed by atoms with Crippen LogP contribution in [0.25, 0.3) is 0 Å². The van der Waals surface area contributed by atoms with Crippen LogP contribution < -0.4 is 16.0 Å². The predicted octanol–water partition coefficient (Wildman–Crippen LogP) is 4.44. The molecule has 0 aromatic heterocycles. The van der Waals surface area contributed by atoms with Crippen LogP contribution in [0.3, 0.4) is 0 Å². The van der Waals surface area contributed by atoms with E-state index in [1.807, 2.05) is 55.5 Å². The van der Waals surface area contributed by atoms with Gasteiger partial charge in [-0.3, -0.25) is 4.79 Å². The van der Waals surface area contributed by atoms with Gasteiger partial charge in [0.1, 0.15) is 0 Å². The monoisotopic (exact) mass is 425 g/mol. The van der Waals surface area contributed by atoms with Crippen molar-refractivity contribution in [1.82, 2.24) is 16.0 Å². The van der Waals surface area contributed by atoms with Gasteiger partial charge in [-0.05, 0) is 73.8 Å². The minimum absolute atomic E-state index is 0.00478. The second-order valence-corrected chi connectivity index (χ2v) is 9.35. The van der Waals surface area contributed by atoms with Gasteiger partial charge in [0.25, 0.3) is 5.91 Å². The Morgan fingerprint density at radius 3 is 2.47 bits per heavy atom. The third-order valence-corrected chi connectivity index (χ3v) is 6.59. The van der Waals surface area contributed by atoms with Crippen molar-refractivity contribution in [3.05, 3.63) is 70.2 Å². The average Bonchev–Trinajstić information content (AvgIpc) is 2.67. The van der Waals surface area contributed by atoms with Gasteiger partial charge < -0.3 is 16.0 Å². The Kier molecular flexibility index (Phi) is 6.00. The molecule has 0 radical (unpaired) electrons. The molecular formula is C24H28ClN3O2. The van der Waals surface area contributed by atoms with Crippen LogP contribution in [-0.2, 0) is 6.54 Å². The quantitative estimate of drug-likeness (QED) is 0.640. The fourth-order valence-corrected chi connectivity index (χ4v) is 5.00. The van der Waals surface area contributed by atoms with E-state index in [0.29, 0.717) is 22.9 Å². The van der Waals surface area contributed by atoms with E-state index < -0.39 is 0 Å². The van der Waals surface area contributed by atoms with Crippen molar-refractivity contribution in [2.45, 2.75) is 45.2 Å². The van der Waals surface area contributed by atoms with Gasteiger partial charge in [-0.15, -0.1) is 0 Å². The number of nitrogens with one attached hydrogen (secondary N) is 3. The summed E-state index contributed by atoms with van der Waals surface area (Å²) in [4.78, 5) is 24.4. The first-order valence-corrected chi connectivity index (χ1v) is 10.9. The SMILES string of the molecule is Cc1cccc(C(=O)NCC2CC3(C2)CC(NC(=O)NCc2ccc(Cl)cc2)C3)c1. The van der Waals surface area contributed by atoms with E-state index in [0.717, 1.165) is 48.9 Å². The molecule has 4 rings (SSSR count). The molecule has 0 heterocycles. The molecule has 2 aliphatic carbocycles. The topological polar surface area (TPSA) is 70.2 Å². The number of hydrogen-bond donors (Lipinski definition) is 3. The van der Waals surface area contributed by atoms with E-state index in [-0.39, 0.29) is 18.0 Å². The minimum atomic E-state index is -0.119. The molecule has 0 saturated heterocycles. The van der Waals surface area contributed by atoms with Gasteiger partial charge in [0.05, 0.1) is 0 Å². The smallest absolute Gasteiger partial charge is 0.315 e. The van der Waals surface area contributed by atoms with Crippen LogP contribution in [0, 0.1) is 18.3 Å². The van der Waals surface area contributed by atoms with E-state index in [4.69, 9.17) is 11.6 Å². The second-order valence-electron chi connectivity index (χ2n) is 8.91. The van der Waals surface area contributed by atoms with Gasteiger partial charge in [-0.25, -0.2) is 4.79 Å². The summed E-state index contributed by atoms with van der Waals surface area (Å²) < 4.78 is 0. The number of aryl methyl sites for hydroxylation is 1. The molecule has 0 unspecified atom stereocenters. The molecule has 0 bridgehead atoms. The van der Waals surface area contributed by atoms with Crippen molar-refractivity contribution in [2.24, 2.45) is 11.3 Å².